The van der Waals surface area contributed by atoms with Gasteiger partial charge in [0.05, 0.1) is 5.03 Å². The van der Waals surface area contributed by atoms with Gasteiger partial charge in [0.1, 0.15) is 17.7 Å². The Bertz CT molecular complexity index is 1130. The van der Waals surface area contributed by atoms with E-state index in [-0.39, 0.29) is 5.57 Å². The Morgan fingerprint density at radius 3 is 2.28 bits per heavy atom. The minimum Gasteiger partial charge on any atom is -0.365 e. The minimum absolute atomic E-state index is 0.112. The summed E-state index contributed by atoms with van der Waals surface area (Å²) in [6.45, 7) is 0.741. The number of nitrogens with zero attached hydrogens (tertiary/aromatic N) is 3. The standard InChI is InChI=1S/C25H21N3S/c1-28(18-19-9-4-3-5-10-19)25(29-2)15-24(21(16-26)17-27)23-14-8-12-20-11-6-7-13-22(20)23/h3-15H,18H2,1-2H3/b25-15-. The maximum atomic E-state index is 9.61. The molecule has 4 heteroatoms. The van der Waals surface area contributed by atoms with Crippen molar-refractivity contribution >= 4 is 28.1 Å². The fourth-order valence-electron chi connectivity index (χ4n) is 3.27. The first-order chi connectivity index (χ1) is 14.2. The second kappa shape index (κ2) is 9.64. The van der Waals surface area contributed by atoms with Gasteiger partial charge in [-0.25, -0.2) is 0 Å². The van der Waals surface area contributed by atoms with Gasteiger partial charge in [-0.05, 0) is 34.2 Å². The lowest BCUT2D eigenvalue weighted by Gasteiger charge is -2.22. The van der Waals surface area contributed by atoms with Crippen molar-refractivity contribution in [3.63, 3.8) is 0 Å². The summed E-state index contributed by atoms with van der Waals surface area (Å²) in [4.78, 5) is 2.14. The van der Waals surface area contributed by atoms with Crippen LogP contribution in [0.25, 0.3) is 16.3 Å². The molecule has 0 saturated carbocycles. The molecule has 0 N–H and O–H groups in total. The van der Waals surface area contributed by atoms with Crippen LogP contribution in [0.4, 0.5) is 0 Å². The van der Waals surface area contributed by atoms with Gasteiger partial charge >= 0.3 is 0 Å². The molecular weight excluding hydrogens is 374 g/mol. The minimum atomic E-state index is 0.112. The number of benzene rings is 3. The number of rotatable bonds is 6. The number of thioether (sulfide) groups is 1. The molecule has 0 atom stereocenters. The molecule has 0 aliphatic heterocycles. The number of fused-ring (bicyclic) bond motifs is 1. The zero-order valence-electron chi connectivity index (χ0n) is 16.5. The van der Waals surface area contributed by atoms with Crippen LogP contribution in [-0.4, -0.2) is 18.2 Å². The maximum absolute atomic E-state index is 9.61. The number of nitriles is 2. The van der Waals surface area contributed by atoms with Crippen molar-refractivity contribution in [1.29, 1.82) is 10.5 Å². The van der Waals surface area contributed by atoms with Crippen LogP contribution in [0.2, 0.25) is 0 Å². The topological polar surface area (TPSA) is 50.8 Å². The Morgan fingerprint density at radius 1 is 0.931 bits per heavy atom. The summed E-state index contributed by atoms with van der Waals surface area (Å²) < 4.78 is 0. The summed E-state index contributed by atoms with van der Waals surface area (Å²) in [6, 6.07) is 28.4. The average molecular weight is 396 g/mol. The second-order valence-electron chi connectivity index (χ2n) is 6.57. The van der Waals surface area contributed by atoms with Crippen LogP contribution < -0.4 is 0 Å². The lowest BCUT2D eigenvalue weighted by atomic mass is 9.95. The highest BCUT2D eigenvalue weighted by Crippen LogP contribution is 2.31. The first-order valence-electron chi connectivity index (χ1n) is 9.21. The third kappa shape index (κ3) is 4.69. The second-order valence-corrected chi connectivity index (χ2v) is 7.39. The van der Waals surface area contributed by atoms with E-state index in [1.807, 2.05) is 80.0 Å². The van der Waals surface area contributed by atoms with E-state index < -0.39 is 0 Å². The molecule has 0 spiro atoms. The molecule has 142 valence electrons. The van der Waals surface area contributed by atoms with Gasteiger partial charge in [0, 0.05) is 19.2 Å². The summed E-state index contributed by atoms with van der Waals surface area (Å²) in [5.74, 6) is 0. The van der Waals surface area contributed by atoms with Gasteiger partial charge in [0.15, 0.2) is 0 Å². The van der Waals surface area contributed by atoms with Crippen molar-refractivity contribution in [2.75, 3.05) is 13.3 Å². The van der Waals surface area contributed by atoms with Gasteiger partial charge in [0.25, 0.3) is 0 Å². The van der Waals surface area contributed by atoms with Gasteiger partial charge in [-0.3, -0.25) is 0 Å². The predicted molar refractivity (Wildman–Crippen MR) is 122 cm³/mol. The molecule has 0 unspecified atom stereocenters. The van der Waals surface area contributed by atoms with Gasteiger partial charge < -0.3 is 4.90 Å². The smallest absolute Gasteiger partial charge is 0.137 e. The zero-order valence-corrected chi connectivity index (χ0v) is 17.3. The molecule has 0 aliphatic carbocycles. The van der Waals surface area contributed by atoms with E-state index in [9.17, 15) is 10.5 Å². The van der Waals surface area contributed by atoms with E-state index >= 15 is 0 Å². The maximum Gasteiger partial charge on any atom is 0.137 e. The van der Waals surface area contributed by atoms with Crippen molar-refractivity contribution in [2.45, 2.75) is 6.54 Å². The summed E-state index contributed by atoms with van der Waals surface area (Å²) in [5, 5.41) is 22.3. The van der Waals surface area contributed by atoms with E-state index in [0.29, 0.717) is 5.57 Å². The van der Waals surface area contributed by atoms with Crippen LogP contribution >= 0.6 is 11.8 Å². The molecular formula is C25H21N3S. The molecule has 29 heavy (non-hydrogen) atoms. The van der Waals surface area contributed by atoms with Crippen LogP contribution in [0.3, 0.4) is 0 Å². The van der Waals surface area contributed by atoms with Gasteiger partial charge in [0.2, 0.25) is 0 Å². The molecule has 3 aromatic carbocycles. The quantitative estimate of drug-likeness (QED) is 0.381. The van der Waals surface area contributed by atoms with Gasteiger partial charge in [-0.2, -0.15) is 10.5 Å². The first kappa shape index (κ1) is 20.3. The summed E-state index contributed by atoms with van der Waals surface area (Å²) in [6.07, 6.45) is 3.96. The third-order valence-electron chi connectivity index (χ3n) is 4.69. The molecule has 3 aromatic rings. The number of hydrogen-bond acceptors (Lipinski definition) is 4. The Kier molecular flexibility index (Phi) is 6.74. The molecule has 0 aromatic heterocycles. The molecule has 0 fully saturated rings. The highest BCUT2D eigenvalue weighted by molar-refractivity contribution is 8.02. The number of hydrogen-bond donors (Lipinski definition) is 0. The zero-order chi connectivity index (χ0) is 20.6. The number of allylic oxidation sites excluding steroid dienone is 3. The van der Waals surface area contributed by atoms with Gasteiger partial charge in [-0.15, -0.1) is 11.8 Å². The highest BCUT2D eigenvalue weighted by atomic mass is 32.2. The Morgan fingerprint density at radius 2 is 1.59 bits per heavy atom. The Labute approximate surface area is 176 Å². The van der Waals surface area contributed by atoms with Crippen molar-refractivity contribution in [2.24, 2.45) is 0 Å². The average Bonchev–Trinajstić information content (AvgIpc) is 2.77. The van der Waals surface area contributed by atoms with Crippen LogP contribution in [0.5, 0.6) is 0 Å². The molecule has 0 aliphatic rings. The van der Waals surface area contributed by atoms with Crippen molar-refractivity contribution in [3.8, 4) is 12.1 Å². The van der Waals surface area contributed by atoms with Gasteiger partial charge in [-0.1, -0.05) is 72.8 Å². The third-order valence-corrected chi connectivity index (χ3v) is 5.54. The monoisotopic (exact) mass is 395 g/mol. The predicted octanol–water partition coefficient (Wildman–Crippen LogP) is 5.98. The van der Waals surface area contributed by atoms with E-state index in [0.717, 1.165) is 27.9 Å². The van der Waals surface area contributed by atoms with E-state index in [1.165, 1.54) is 5.56 Å². The molecule has 0 bridgehead atoms. The summed E-state index contributed by atoms with van der Waals surface area (Å²) in [7, 11) is 2.02. The van der Waals surface area contributed by atoms with Crippen molar-refractivity contribution in [3.05, 3.63) is 101 Å². The van der Waals surface area contributed by atoms with Crippen molar-refractivity contribution < 1.29 is 0 Å². The summed E-state index contributed by atoms with van der Waals surface area (Å²) >= 11 is 1.60. The molecule has 3 nitrogen and oxygen atoms in total. The molecule has 0 radical (unpaired) electrons. The largest absolute Gasteiger partial charge is 0.365 e. The lowest BCUT2D eigenvalue weighted by molar-refractivity contribution is 0.440. The van der Waals surface area contributed by atoms with Crippen LogP contribution in [0.1, 0.15) is 11.1 Å². The van der Waals surface area contributed by atoms with Crippen LogP contribution in [-0.2, 0) is 6.54 Å². The normalized spacial score (nSPS) is 10.8. The van der Waals surface area contributed by atoms with Crippen molar-refractivity contribution in [1.82, 2.24) is 4.90 Å². The Balaban J connectivity index is 2.11. The Hall–Kier alpha value is -3.47. The first-order valence-corrected chi connectivity index (χ1v) is 10.4. The molecule has 3 rings (SSSR count). The van der Waals surface area contributed by atoms with Crippen LogP contribution in [0, 0.1) is 22.7 Å². The van der Waals surface area contributed by atoms with E-state index in [2.05, 4.69) is 29.2 Å². The molecule has 0 saturated heterocycles. The molecule has 0 heterocycles. The fraction of sp³-hybridized carbons (Fsp3) is 0.120. The summed E-state index contributed by atoms with van der Waals surface area (Å²) in [5.41, 5.74) is 2.85. The highest BCUT2D eigenvalue weighted by Gasteiger charge is 2.13. The molecule has 0 amide bonds. The fourth-order valence-corrected chi connectivity index (χ4v) is 3.89. The van der Waals surface area contributed by atoms with Crippen LogP contribution in [0.15, 0.2) is 89.5 Å². The van der Waals surface area contributed by atoms with E-state index in [1.54, 1.807) is 11.8 Å². The van der Waals surface area contributed by atoms with E-state index in [4.69, 9.17) is 0 Å². The SMILES string of the molecule is CS/C(=C\C(=C(C#N)C#N)c1cccc2ccccc12)N(C)Cc1ccccc1. The lowest BCUT2D eigenvalue weighted by Crippen LogP contribution is -2.15.